The Balaban J connectivity index is 2.11. The predicted molar refractivity (Wildman–Crippen MR) is 106 cm³/mol. The van der Waals surface area contributed by atoms with E-state index in [9.17, 15) is 18.0 Å². The summed E-state index contributed by atoms with van der Waals surface area (Å²) >= 11 is 5.84. The number of benzene rings is 1. The Labute approximate surface area is 170 Å². The molecule has 2 aromatic heterocycles. The quantitative estimate of drug-likeness (QED) is 0.393. The van der Waals surface area contributed by atoms with Crippen molar-refractivity contribution in [1.29, 1.82) is 0 Å². The fraction of sp³-hybridized carbons (Fsp3) is 0.389. The van der Waals surface area contributed by atoms with E-state index in [2.05, 4.69) is 29.6 Å². The van der Waals surface area contributed by atoms with Gasteiger partial charge in [-0.15, -0.1) is 0 Å². The summed E-state index contributed by atoms with van der Waals surface area (Å²) in [6, 6.07) is 2.88. The van der Waals surface area contributed by atoms with Gasteiger partial charge in [0.25, 0.3) is 0 Å². The molecule has 0 radical (unpaired) electrons. The summed E-state index contributed by atoms with van der Waals surface area (Å²) in [5.74, 6) is -0.944. The Morgan fingerprint density at radius 3 is 2.59 bits per heavy atom. The average Bonchev–Trinajstić information content (AvgIpc) is 2.92. The number of rotatable bonds is 6. The van der Waals surface area contributed by atoms with Gasteiger partial charge in [-0.1, -0.05) is 31.2 Å². The summed E-state index contributed by atoms with van der Waals surface area (Å²) in [6.07, 6.45) is -2.07. The summed E-state index contributed by atoms with van der Waals surface area (Å²) in [6.45, 7) is 6.45. The smallest absolute Gasteiger partial charge is 0.407 e. The van der Waals surface area contributed by atoms with E-state index in [0.717, 1.165) is 16.7 Å². The highest BCUT2D eigenvalue weighted by Crippen LogP contribution is 2.38. The molecular formula is C18H19ClF3N3O3Si. The van der Waals surface area contributed by atoms with Crippen LogP contribution in [0.25, 0.3) is 22.4 Å². The first-order valence-corrected chi connectivity index (χ1v) is 12.8. The predicted octanol–water partition coefficient (Wildman–Crippen LogP) is 5.04. The van der Waals surface area contributed by atoms with Crippen LogP contribution in [0.15, 0.2) is 33.7 Å². The molecule has 0 saturated heterocycles. The summed E-state index contributed by atoms with van der Waals surface area (Å²) in [7, 11) is -1.39. The molecule has 0 unspecified atom stereocenters. The number of hydrogen-bond donors (Lipinski definition) is 0. The molecule has 0 aliphatic carbocycles. The van der Waals surface area contributed by atoms with E-state index >= 15 is 0 Å². The van der Waals surface area contributed by atoms with Gasteiger partial charge in [-0.3, -0.25) is 4.98 Å². The summed E-state index contributed by atoms with van der Waals surface area (Å²) in [4.78, 5) is 20.3. The van der Waals surface area contributed by atoms with Crippen LogP contribution in [0.5, 0.6) is 0 Å². The minimum Gasteiger partial charge on any atom is -0.407 e. The molecule has 156 valence electrons. The molecule has 0 N–H and O–H groups in total. The Hall–Kier alpha value is -2.17. The second-order valence-corrected chi connectivity index (χ2v) is 13.7. The highest BCUT2D eigenvalue weighted by molar-refractivity contribution is 6.76. The van der Waals surface area contributed by atoms with Crippen LogP contribution in [0, 0.1) is 0 Å². The third-order valence-electron chi connectivity index (χ3n) is 4.21. The van der Waals surface area contributed by atoms with Crippen LogP contribution in [-0.2, 0) is 17.6 Å². The minimum absolute atomic E-state index is 0.0620. The number of nitrogens with zero attached hydrogens (tertiary/aromatic N) is 3. The molecule has 3 aromatic rings. The van der Waals surface area contributed by atoms with E-state index in [-0.39, 0.29) is 28.7 Å². The molecule has 11 heteroatoms. The van der Waals surface area contributed by atoms with Crippen molar-refractivity contribution in [2.45, 2.75) is 38.6 Å². The van der Waals surface area contributed by atoms with E-state index in [1.165, 1.54) is 18.5 Å². The zero-order valence-electron chi connectivity index (χ0n) is 16.0. The second-order valence-electron chi connectivity index (χ2n) is 7.71. The van der Waals surface area contributed by atoms with Gasteiger partial charge >= 0.3 is 11.9 Å². The molecule has 0 amide bonds. The Kier molecular flexibility index (Phi) is 5.88. The molecule has 0 aliphatic rings. The molecule has 0 spiro atoms. The highest BCUT2D eigenvalue weighted by Gasteiger charge is 2.36. The largest absolute Gasteiger partial charge is 0.421 e. The molecule has 29 heavy (non-hydrogen) atoms. The Morgan fingerprint density at radius 1 is 1.24 bits per heavy atom. The van der Waals surface area contributed by atoms with Crippen molar-refractivity contribution in [2.75, 3.05) is 6.61 Å². The first-order chi connectivity index (χ1) is 13.5. The minimum atomic E-state index is -4.69. The zero-order chi connectivity index (χ0) is 21.4. The van der Waals surface area contributed by atoms with Crippen molar-refractivity contribution in [3.05, 3.63) is 45.8 Å². The Bertz CT molecular complexity index is 1090. The number of halogens is 4. The first-order valence-electron chi connectivity index (χ1n) is 8.76. The molecule has 0 bridgehead atoms. The van der Waals surface area contributed by atoms with Crippen LogP contribution in [0.1, 0.15) is 5.56 Å². The molecule has 3 rings (SSSR count). The maximum atomic E-state index is 13.6. The van der Waals surface area contributed by atoms with Gasteiger partial charge in [0.1, 0.15) is 17.4 Å². The topological polar surface area (TPSA) is 70.2 Å². The number of oxazole rings is 1. The van der Waals surface area contributed by atoms with Crippen molar-refractivity contribution in [3.63, 3.8) is 0 Å². The van der Waals surface area contributed by atoms with Crippen molar-refractivity contribution >= 4 is 30.8 Å². The zero-order valence-corrected chi connectivity index (χ0v) is 17.8. The van der Waals surface area contributed by atoms with Gasteiger partial charge in [0.05, 0.1) is 23.7 Å². The normalized spacial score (nSPS) is 12.7. The molecular weight excluding hydrogens is 427 g/mol. The molecule has 6 nitrogen and oxygen atoms in total. The number of aromatic nitrogens is 3. The van der Waals surface area contributed by atoms with Gasteiger partial charge in [0.15, 0.2) is 5.58 Å². The van der Waals surface area contributed by atoms with E-state index in [4.69, 9.17) is 20.8 Å². The second kappa shape index (κ2) is 7.92. The first kappa shape index (κ1) is 21.5. The van der Waals surface area contributed by atoms with Crippen LogP contribution >= 0.6 is 11.6 Å². The molecule has 2 heterocycles. The lowest BCUT2D eigenvalue weighted by Gasteiger charge is -2.16. The van der Waals surface area contributed by atoms with Gasteiger partial charge in [-0.2, -0.15) is 13.2 Å². The lowest BCUT2D eigenvalue weighted by molar-refractivity contribution is -0.136. The average molecular weight is 446 g/mol. The lowest BCUT2D eigenvalue weighted by Crippen LogP contribution is -2.23. The van der Waals surface area contributed by atoms with Crippen LogP contribution < -0.4 is 5.76 Å². The number of fused-ring (bicyclic) bond motifs is 1. The molecule has 1 aromatic carbocycles. The van der Waals surface area contributed by atoms with E-state index in [0.29, 0.717) is 6.61 Å². The summed E-state index contributed by atoms with van der Waals surface area (Å²) in [5.41, 5.74) is -1.26. The molecule has 0 aliphatic heterocycles. The monoisotopic (exact) mass is 445 g/mol. The van der Waals surface area contributed by atoms with Crippen LogP contribution in [-0.4, -0.2) is 29.2 Å². The van der Waals surface area contributed by atoms with E-state index in [1.54, 1.807) is 0 Å². The maximum absolute atomic E-state index is 13.6. The van der Waals surface area contributed by atoms with Gasteiger partial charge in [-0.05, 0) is 18.2 Å². The van der Waals surface area contributed by atoms with Crippen molar-refractivity contribution < 1.29 is 22.3 Å². The molecule has 0 saturated carbocycles. The van der Waals surface area contributed by atoms with Gasteiger partial charge in [0.2, 0.25) is 0 Å². The summed E-state index contributed by atoms with van der Waals surface area (Å²) in [5, 5.41) is 0.0620. The van der Waals surface area contributed by atoms with Crippen LogP contribution in [0.2, 0.25) is 30.8 Å². The van der Waals surface area contributed by atoms with Crippen LogP contribution in [0.4, 0.5) is 13.2 Å². The fourth-order valence-electron chi connectivity index (χ4n) is 2.73. The summed E-state index contributed by atoms with van der Waals surface area (Å²) < 4.78 is 52.4. The van der Waals surface area contributed by atoms with Gasteiger partial charge in [-0.25, -0.2) is 14.3 Å². The number of hydrogen-bond acceptors (Lipinski definition) is 5. The van der Waals surface area contributed by atoms with E-state index < -0.39 is 31.1 Å². The SMILES string of the molecule is C[Si](C)(C)CCOCn1c(=O)oc2c(-c3cncc(Cl)n3)ccc(C(F)(F)F)c21. The lowest BCUT2D eigenvalue weighted by atomic mass is 10.1. The Morgan fingerprint density at radius 2 is 1.97 bits per heavy atom. The highest BCUT2D eigenvalue weighted by atomic mass is 35.5. The molecule has 0 fully saturated rings. The maximum Gasteiger partial charge on any atom is 0.421 e. The standard InChI is InChI=1S/C18H19ClF3N3O3Si/c1-29(2,3)7-6-27-10-25-15-12(18(20,21)22)5-4-11(16(15)28-17(25)26)13-8-23-9-14(19)24-13/h4-5,8-9H,6-7,10H2,1-3H3. The number of ether oxygens (including phenoxy) is 1. The van der Waals surface area contributed by atoms with Crippen LogP contribution in [0.3, 0.4) is 0 Å². The van der Waals surface area contributed by atoms with Gasteiger partial charge in [0, 0.05) is 20.2 Å². The third kappa shape index (κ3) is 4.88. The fourth-order valence-corrected chi connectivity index (χ4v) is 3.63. The van der Waals surface area contributed by atoms with Crippen molar-refractivity contribution in [3.8, 4) is 11.3 Å². The van der Waals surface area contributed by atoms with Crippen molar-refractivity contribution in [1.82, 2.24) is 14.5 Å². The van der Waals surface area contributed by atoms with Crippen molar-refractivity contribution in [2.24, 2.45) is 0 Å². The third-order valence-corrected chi connectivity index (χ3v) is 6.10. The molecule has 0 atom stereocenters. The van der Waals surface area contributed by atoms with Gasteiger partial charge < -0.3 is 9.15 Å². The number of alkyl halides is 3. The van der Waals surface area contributed by atoms with E-state index in [1.807, 2.05) is 0 Å².